The zero-order valence-corrected chi connectivity index (χ0v) is 10.3. The molecule has 0 heterocycles. The van der Waals surface area contributed by atoms with Crippen LogP contribution >= 0.6 is 0 Å². The van der Waals surface area contributed by atoms with E-state index < -0.39 is 12.0 Å². The number of rotatable bonds is 5. The molecule has 1 aromatic carbocycles. The number of hydrogen-bond acceptors (Lipinski definition) is 4. The first-order valence-electron chi connectivity index (χ1n) is 5.33. The SMILES string of the molecule is COc1cc(C)c(C)cc1NCC(N)C(=O)O. The Morgan fingerprint density at radius 1 is 1.47 bits per heavy atom. The van der Waals surface area contributed by atoms with E-state index in [2.05, 4.69) is 5.32 Å². The third-order valence-electron chi connectivity index (χ3n) is 2.65. The van der Waals surface area contributed by atoms with Crippen LogP contribution in [0.1, 0.15) is 11.1 Å². The minimum Gasteiger partial charge on any atom is -0.495 e. The van der Waals surface area contributed by atoms with Gasteiger partial charge in [-0.15, -0.1) is 0 Å². The molecular weight excluding hydrogens is 220 g/mol. The van der Waals surface area contributed by atoms with Crippen LogP contribution in [0.15, 0.2) is 12.1 Å². The largest absolute Gasteiger partial charge is 0.495 e. The van der Waals surface area contributed by atoms with Gasteiger partial charge in [0.1, 0.15) is 11.8 Å². The summed E-state index contributed by atoms with van der Waals surface area (Å²) in [6.07, 6.45) is 0. The van der Waals surface area contributed by atoms with Crippen LogP contribution in [0.4, 0.5) is 5.69 Å². The Kier molecular flexibility index (Phi) is 4.34. The van der Waals surface area contributed by atoms with E-state index in [0.29, 0.717) is 5.75 Å². The maximum atomic E-state index is 10.6. The molecule has 0 saturated carbocycles. The van der Waals surface area contributed by atoms with Crippen LogP contribution in [-0.4, -0.2) is 30.8 Å². The van der Waals surface area contributed by atoms with Gasteiger partial charge in [-0.2, -0.15) is 0 Å². The maximum absolute atomic E-state index is 10.6. The molecule has 0 saturated heterocycles. The van der Waals surface area contributed by atoms with Crippen molar-refractivity contribution in [2.75, 3.05) is 19.0 Å². The number of carboxylic acids is 1. The minimum absolute atomic E-state index is 0.161. The van der Waals surface area contributed by atoms with Gasteiger partial charge in [-0.1, -0.05) is 0 Å². The quantitative estimate of drug-likeness (QED) is 0.716. The summed E-state index contributed by atoms with van der Waals surface area (Å²) in [5.74, 6) is -0.342. The Morgan fingerprint density at radius 3 is 2.59 bits per heavy atom. The number of ether oxygens (including phenoxy) is 1. The third kappa shape index (κ3) is 3.35. The maximum Gasteiger partial charge on any atom is 0.322 e. The van der Waals surface area contributed by atoms with E-state index >= 15 is 0 Å². The standard InChI is InChI=1S/C12H18N2O3/c1-7-4-10(11(17-3)5-8(7)2)14-6-9(13)12(15)16/h4-5,9,14H,6,13H2,1-3H3,(H,15,16). The first kappa shape index (κ1) is 13.3. The van der Waals surface area contributed by atoms with Gasteiger partial charge >= 0.3 is 5.97 Å². The summed E-state index contributed by atoms with van der Waals surface area (Å²) in [7, 11) is 1.58. The normalized spacial score (nSPS) is 12.0. The van der Waals surface area contributed by atoms with E-state index in [1.165, 1.54) is 0 Å². The van der Waals surface area contributed by atoms with Gasteiger partial charge in [0.15, 0.2) is 0 Å². The molecule has 94 valence electrons. The van der Waals surface area contributed by atoms with Crippen molar-refractivity contribution in [3.63, 3.8) is 0 Å². The van der Waals surface area contributed by atoms with Crippen molar-refractivity contribution in [3.05, 3.63) is 23.3 Å². The smallest absolute Gasteiger partial charge is 0.322 e. The van der Waals surface area contributed by atoms with E-state index in [0.717, 1.165) is 16.8 Å². The Hall–Kier alpha value is -1.75. The molecule has 1 aromatic rings. The second-order valence-electron chi connectivity index (χ2n) is 3.96. The highest BCUT2D eigenvalue weighted by atomic mass is 16.5. The van der Waals surface area contributed by atoms with Gasteiger partial charge < -0.3 is 20.9 Å². The molecule has 0 spiro atoms. The molecule has 4 N–H and O–H groups in total. The number of nitrogens with one attached hydrogen (secondary N) is 1. The lowest BCUT2D eigenvalue weighted by atomic mass is 10.1. The average Bonchev–Trinajstić information content (AvgIpc) is 2.29. The monoisotopic (exact) mass is 238 g/mol. The topological polar surface area (TPSA) is 84.6 Å². The van der Waals surface area contributed by atoms with E-state index in [1.54, 1.807) is 7.11 Å². The van der Waals surface area contributed by atoms with Gasteiger partial charge in [0, 0.05) is 6.54 Å². The van der Waals surface area contributed by atoms with Crippen LogP contribution in [0, 0.1) is 13.8 Å². The molecule has 0 aliphatic carbocycles. The fourth-order valence-corrected chi connectivity index (χ4v) is 1.40. The predicted molar refractivity (Wildman–Crippen MR) is 66.6 cm³/mol. The number of methoxy groups -OCH3 is 1. The van der Waals surface area contributed by atoms with Gasteiger partial charge in [0.25, 0.3) is 0 Å². The lowest BCUT2D eigenvalue weighted by molar-refractivity contribution is -0.138. The summed E-state index contributed by atoms with van der Waals surface area (Å²) < 4.78 is 5.22. The summed E-state index contributed by atoms with van der Waals surface area (Å²) >= 11 is 0. The number of anilines is 1. The molecule has 0 radical (unpaired) electrons. The predicted octanol–water partition coefficient (Wildman–Crippen LogP) is 1.14. The number of aliphatic carboxylic acids is 1. The molecule has 0 aromatic heterocycles. The first-order chi connectivity index (χ1) is 7.95. The average molecular weight is 238 g/mol. The van der Waals surface area contributed by atoms with Crippen molar-refractivity contribution in [1.29, 1.82) is 0 Å². The van der Waals surface area contributed by atoms with Crippen LogP contribution in [0.25, 0.3) is 0 Å². The second-order valence-corrected chi connectivity index (χ2v) is 3.96. The molecule has 5 nitrogen and oxygen atoms in total. The van der Waals surface area contributed by atoms with Crippen molar-refractivity contribution >= 4 is 11.7 Å². The van der Waals surface area contributed by atoms with Crippen molar-refractivity contribution in [1.82, 2.24) is 0 Å². The van der Waals surface area contributed by atoms with Gasteiger partial charge in [-0.25, -0.2) is 0 Å². The van der Waals surface area contributed by atoms with Crippen molar-refractivity contribution in [2.24, 2.45) is 5.73 Å². The van der Waals surface area contributed by atoms with Crippen LogP contribution in [0.3, 0.4) is 0 Å². The number of carboxylic acid groups (broad SMARTS) is 1. The second kappa shape index (κ2) is 5.54. The van der Waals surface area contributed by atoms with Gasteiger partial charge in [-0.3, -0.25) is 4.79 Å². The number of carbonyl (C=O) groups is 1. The molecule has 0 aliphatic heterocycles. The molecular formula is C12H18N2O3. The molecule has 0 aliphatic rings. The summed E-state index contributed by atoms with van der Waals surface area (Å²) in [6.45, 7) is 4.13. The van der Waals surface area contributed by atoms with E-state index in [4.69, 9.17) is 15.6 Å². The Labute approximate surface area is 101 Å². The van der Waals surface area contributed by atoms with Crippen LogP contribution in [-0.2, 0) is 4.79 Å². The van der Waals surface area contributed by atoms with Crippen molar-refractivity contribution in [3.8, 4) is 5.75 Å². The van der Waals surface area contributed by atoms with Crippen molar-refractivity contribution < 1.29 is 14.6 Å². The zero-order valence-electron chi connectivity index (χ0n) is 10.3. The number of benzene rings is 1. The van der Waals surface area contributed by atoms with Crippen molar-refractivity contribution in [2.45, 2.75) is 19.9 Å². The van der Waals surface area contributed by atoms with Gasteiger partial charge in [0.2, 0.25) is 0 Å². The summed E-state index contributed by atoms with van der Waals surface area (Å²) in [5.41, 5.74) is 8.41. The number of hydrogen-bond donors (Lipinski definition) is 3. The molecule has 0 fully saturated rings. The highest BCUT2D eigenvalue weighted by Gasteiger charge is 2.12. The molecule has 1 unspecified atom stereocenters. The van der Waals surface area contributed by atoms with E-state index in [9.17, 15) is 4.79 Å². The van der Waals surface area contributed by atoms with E-state index in [1.807, 2.05) is 26.0 Å². The van der Waals surface area contributed by atoms with Crippen LogP contribution < -0.4 is 15.8 Å². The fraction of sp³-hybridized carbons (Fsp3) is 0.417. The van der Waals surface area contributed by atoms with Gasteiger partial charge in [-0.05, 0) is 37.1 Å². The molecule has 1 atom stereocenters. The molecule has 17 heavy (non-hydrogen) atoms. The molecule has 0 bridgehead atoms. The van der Waals surface area contributed by atoms with E-state index in [-0.39, 0.29) is 6.54 Å². The fourth-order valence-electron chi connectivity index (χ4n) is 1.40. The van der Waals surface area contributed by atoms with Crippen LogP contribution in [0.5, 0.6) is 5.75 Å². The highest BCUT2D eigenvalue weighted by molar-refractivity contribution is 5.74. The van der Waals surface area contributed by atoms with Gasteiger partial charge in [0.05, 0.1) is 12.8 Å². The lowest BCUT2D eigenvalue weighted by Crippen LogP contribution is -2.37. The third-order valence-corrected chi connectivity index (χ3v) is 2.65. The number of nitrogens with two attached hydrogens (primary N) is 1. The first-order valence-corrected chi connectivity index (χ1v) is 5.33. The lowest BCUT2D eigenvalue weighted by Gasteiger charge is -2.15. The molecule has 1 rings (SSSR count). The Bertz CT molecular complexity index is 418. The minimum atomic E-state index is -1.03. The highest BCUT2D eigenvalue weighted by Crippen LogP contribution is 2.27. The summed E-state index contributed by atoms with van der Waals surface area (Å²) in [6, 6.07) is 2.90. The Balaban J connectivity index is 2.83. The van der Waals surface area contributed by atoms with Crippen LogP contribution in [0.2, 0.25) is 0 Å². The molecule has 5 heteroatoms. The Morgan fingerprint density at radius 2 is 2.06 bits per heavy atom. The summed E-state index contributed by atoms with van der Waals surface area (Å²) in [5, 5.41) is 11.7. The summed E-state index contributed by atoms with van der Waals surface area (Å²) in [4.78, 5) is 10.6. The number of aryl methyl sites for hydroxylation is 2. The zero-order chi connectivity index (χ0) is 13.0. The molecule has 0 amide bonds.